The fourth-order valence-corrected chi connectivity index (χ4v) is 5.41. The predicted molar refractivity (Wildman–Crippen MR) is 79.4 cm³/mol. The highest BCUT2D eigenvalue weighted by molar-refractivity contribution is 5.04. The fourth-order valence-electron chi connectivity index (χ4n) is 5.41. The summed E-state index contributed by atoms with van der Waals surface area (Å²) in [6.45, 7) is 7.28. The van der Waals surface area contributed by atoms with Crippen molar-refractivity contribution >= 4 is 0 Å². The topological polar surface area (TPSA) is 31.9 Å². The van der Waals surface area contributed by atoms with Gasteiger partial charge in [-0.15, -0.1) is 0 Å². The SMILES string of the molecule is CC(C)(C)n1cc[n+](CC2([O-])C3CC4CC(C3)CC2C4)c1. The molecule has 0 unspecified atom stereocenters. The molecule has 1 aromatic heterocycles. The summed E-state index contributed by atoms with van der Waals surface area (Å²) in [7, 11) is 0. The molecule has 4 fully saturated rings. The van der Waals surface area contributed by atoms with E-state index in [9.17, 15) is 5.11 Å². The quantitative estimate of drug-likeness (QED) is 0.767. The maximum absolute atomic E-state index is 13.6. The lowest BCUT2D eigenvalue weighted by atomic mass is 9.50. The molecule has 1 heterocycles. The molecule has 4 aliphatic rings. The van der Waals surface area contributed by atoms with Gasteiger partial charge in [-0.1, -0.05) is 5.60 Å². The maximum atomic E-state index is 13.6. The highest BCUT2D eigenvalue weighted by Crippen LogP contribution is 2.57. The van der Waals surface area contributed by atoms with Crippen molar-refractivity contribution in [2.24, 2.45) is 23.7 Å². The van der Waals surface area contributed by atoms with Crippen molar-refractivity contribution in [2.75, 3.05) is 0 Å². The molecular weight excluding hydrogens is 260 g/mol. The van der Waals surface area contributed by atoms with E-state index in [0.29, 0.717) is 18.4 Å². The average molecular weight is 288 g/mol. The molecule has 5 rings (SSSR count). The minimum atomic E-state index is -0.706. The summed E-state index contributed by atoms with van der Waals surface area (Å²) in [6.07, 6.45) is 12.6. The number of hydrogen-bond acceptors (Lipinski definition) is 1. The van der Waals surface area contributed by atoms with Crippen LogP contribution in [0.15, 0.2) is 18.7 Å². The minimum absolute atomic E-state index is 0.0887. The molecule has 116 valence electrons. The van der Waals surface area contributed by atoms with Crippen LogP contribution < -0.4 is 9.67 Å². The number of hydrogen-bond donors (Lipinski definition) is 0. The number of rotatable bonds is 2. The molecule has 0 aromatic carbocycles. The summed E-state index contributed by atoms with van der Waals surface area (Å²) in [5.41, 5.74) is -0.618. The van der Waals surface area contributed by atoms with Crippen LogP contribution in [0.1, 0.15) is 52.9 Å². The molecule has 0 N–H and O–H groups in total. The fraction of sp³-hybridized carbons (Fsp3) is 0.833. The third-order valence-corrected chi connectivity index (χ3v) is 6.42. The third kappa shape index (κ3) is 2.16. The first-order valence-corrected chi connectivity index (χ1v) is 8.62. The van der Waals surface area contributed by atoms with Gasteiger partial charge in [0, 0.05) is 0 Å². The molecule has 0 saturated heterocycles. The van der Waals surface area contributed by atoms with E-state index < -0.39 is 5.60 Å². The zero-order chi connectivity index (χ0) is 14.8. The van der Waals surface area contributed by atoms with Crippen molar-refractivity contribution in [2.45, 2.75) is 70.6 Å². The van der Waals surface area contributed by atoms with Gasteiger partial charge in [-0.3, -0.25) is 0 Å². The van der Waals surface area contributed by atoms with Crippen LogP contribution in [0.4, 0.5) is 0 Å². The molecule has 4 saturated carbocycles. The Bertz CT molecular complexity index is 512. The Labute approximate surface area is 128 Å². The Morgan fingerprint density at radius 2 is 1.67 bits per heavy atom. The molecule has 3 nitrogen and oxygen atoms in total. The van der Waals surface area contributed by atoms with Crippen molar-refractivity contribution in [3.05, 3.63) is 18.7 Å². The second kappa shape index (κ2) is 4.34. The molecule has 0 amide bonds. The lowest BCUT2D eigenvalue weighted by Gasteiger charge is -2.65. The van der Waals surface area contributed by atoms with Crippen LogP contribution in [0.2, 0.25) is 0 Å². The highest BCUT2D eigenvalue weighted by atomic mass is 16.3. The van der Waals surface area contributed by atoms with Crippen LogP contribution in [0.25, 0.3) is 0 Å². The van der Waals surface area contributed by atoms with Gasteiger partial charge in [0.2, 0.25) is 6.33 Å². The number of nitrogens with zero attached hydrogens (tertiary/aromatic N) is 2. The Morgan fingerprint density at radius 1 is 1.10 bits per heavy atom. The van der Waals surface area contributed by atoms with Crippen LogP contribution in [-0.4, -0.2) is 10.2 Å². The van der Waals surface area contributed by atoms with E-state index in [1.807, 2.05) is 0 Å². The third-order valence-electron chi connectivity index (χ3n) is 6.42. The largest absolute Gasteiger partial charge is 0.846 e. The van der Waals surface area contributed by atoms with Gasteiger partial charge >= 0.3 is 0 Å². The first-order valence-electron chi connectivity index (χ1n) is 8.62. The van der Waals surface area contributed by atoms with Crippen molar-refractivity contribution in [3.8, 4) is 0 Å². The summed E-state index contributed by atoms with van der Waals surface area (Å²) in [5, 5.41) is 13.6. The van der Waals surface area contributed by atoms with Crippen LogP contribution in [0.5, 0.6) is 0 Å². The van der Waals surface area contributed by atoms with Gasteiger partial charge in [-0.2, -0.15) is 0 Å². The minimum Gasteiger partial charge on any atom is -0.846 e. The maximum Gasteiger partial charge on any atom is 0.244 e. The lowest BCUT2D eigenvalue weighted by Crippen LogP contribution is -2.70. The van der Waals surface area contributed by atoms with Crippen molar-refractivity contribution in [1.29, 1.82) is 0 Å². The summed E-state index contributed by atoms with van der Waals surface area (Å²) >= 11 is 0. The zero-order valence-electron chi connectivity index (χ0n) is 13.6. The molecule has 0 radical (unpaired) electrons. The van der Waals surface area contributed by atoms with E-state index in [-0.39, 0.29) is 5.54 Å². The van der Waals surface area contributed by atoms with Gasteiger partial charge in [-0.25, -0.2) is 9.13 Å². The van der Waals surface area contributed by atoms with Gasteiger partial charge < -0.3 is 5.11 Å². The van der Waals surface area contributed by atoms with Crippen LogP contribution in [0.3, 0.4) is 0 Å². The van der Waals surface area contributed by atoms with Crippen LogP contribution in [0, 0.1) is 23.7 Å². The molecule has 0 aliphatic heterocycles. The predicted octanol–water partition coefficient (Wildman–Crippen LogP) is 2.09. The van der Waals surface area contributed by atoms with Gasteiger partial charge in [0.25, 0.3) is 0 Å². The monoisotopic (exact) mass is 288 g/mol. The summed E-state index contributed by atoms with van der Waals surface area (Å²) in [5.74, 6) is 2.61. The van der Waals surface area contributed by atoms with E-state index in [1.165, 1.54) is 32.1 Å². The molecule has 4 aliphatic carbocycles. The van der Waals surface area contributed by atoms with Gasteiger partial charge in [0.1, 0.15) is 17.9 Å². The summed E-state index contributed by atoms with van der Waals surface area (Å²) < 4.78 is 4.37. The van der Waals surface area contributed by atoms with Crippen LogP contribution in [-0.2, 0) is 12.1 Å². The lowest BCUT2D eigenvalue weighted by molar-refractivity contribution is -0.746. The van der Waals surface area contributed by atoms with E-state index in [2.05, 4.69) is 48.6 Å². The second-order valence-electron chi connectivity index (χ2n) is 8.92. The van der Waals surface area contributed by atoms with E-state index >= 15 is 0 Å². The first kappa shape index (κ1) is 13.8. The number of aromatic nitrogens is 2. The van der Waals surface area contributed by atoms with Crippen molar-refractivity contribution in [1.82, 2.24) is 4.57 Å². The Morgan fingerprint density at radius 3 is 2.14 bits per heavy atom. The van der Waals surface area contributed by atoms with Gasteiger partial charge in [-0.05, 0) is 76.5 Å². The normalized spacial score (nSPS) is 41.7. The van der Waals surface area contributed by atoms with E-state index in [4.69, 9.17) is 0 Å². The average Bonchev–Trinajstić information content (AvgIpc) is 2.83. The second-order valence-corrected chi connectivity index (χ2v) is 8.92. The van der Waals surface area contributed by atoms with E-state index in [1.54, 1.807) is 0 Å². The molecule has 21 heavy (non-hydrogen) atoms. The number of imidazole rings is 1. The molecule has 0 spiro atoms. The highest BCUT2D eigenvalue weighted by Gasteiger charge is 2.51. The standard InChI is InChI=1S/C18H28N2O/c1-17(2,3)20-5-4-19(12-20)11-18(21)15-7-13-6-14(9-15)10-16(18)8-13/h4-5,12-16H,6-11H2,1-3H3. The summed E-state index contributed by atoms with van der Waals surface area (Å²) in [4.78, 5) is 0. The zero-order valence-corrected chi connectivity index (χ0v) is 13.6. The summed E-state index contributed by atoms with van der Waals surface area (Å²) in [6, 6.07) is 0. The van der Waals surface area contributed by atoms with Gasteiger partial charge in [0.05, 0.1) is 6.54 Å². The first-order chi connectivity index (χ1) is 9.84. The van der Waals surface area contributed by atoms with E-state index in [0.717, 1.165) is 11.8 Å². The molecule has 1 aromatic rings. The van der Waals surface area contributed by atoms with Gasteiger partial charge in [0.15, 0.2) is 0 Å². The van der Waals surface area contributed by atoms with Crippen molar-refractivity contribution < 1.29 is 9.67 Å². The molecule has 3 heteroatoms. The van der Waals surface area contributed by atoms with Crippen molar-refractivity contribution in [3.63, 3.8) is 0 Å². The Hall–Kier alpha value is -0.830. The molecular formula is C18H28N2O. The molecule has 4 bridgehead atoms. The molecule has 0 atom stereocenters. The smallest absolute Gasteiger partial charge is 0.244 e. The van der Waals surface area contributed by atoms with Crippen LogP contribution >= 0.6 is 0 Å². The Kier molecular flexibility index (Phi) is 2.86. The Balaban J connectivity index is 1.57.